The van der Waals surface area contributed by atoms with E-state index in [1.165, 1.54) is 6.92 Å². The van der Waals surface area contributed by atoms with E-state index in [2.05, 4.69) is 17.6 Å². The first-order valence-electron chi connectivity index (χ1n) is 5.43. The Morgan fingerprint density at radius 2 is 2.06 bits per heavy atom. The second-order valence-electron chi connectivity index (χ2n) is 5.41. The Morgan fingerprint density at radius 3 is 2.44 bits per heavy atom. The maximum absolute atomic E-state index is 12.3. The highest BCUT2D eigenvalue weighted by atomic mass is 16.2. The molecule has 88 valence electrons. The van der Waals surface area contributed by atoms with Crippen molar-refractivity contribution in [3.8, 4) is 0 Å². The van der Waals surface area contributed by atoms with Gasteiger partial charge in [-0.25, -0.2) is 0 Å². The average Bonchev–Trinajstić information content (AvgIpc) is 2.76. The highest BCUT2D eigenvalue weighted by Gasteiger charge is 2.61. The molecular weight excluding hydrogens is 202 g/mol. The maximum atomic E-state index is 12.3. The minimum absolute atomic E-state index is 0.0422. The van der Waals surface area contributed by atoms with Crippen LogP contribution in [0.15, 0.2) is 18.4 Å². The molecule has 0 heterocycles. The topological polar surface area (TPSA) is 46.2 Å². The zero-order chi connectivity index (χ0) is 12.6. The number of ketones is 1. The Balaban J connectivity index is 2.96. The van der Waals surface area contributed by atoms with E-state index in [0.717, 1.165) is 0 Å². The summed E-state index contributed by atoms with van der Waals surface area (Å²) in [4.78, 5) is 23.5. The van der Waals surface area contributed by atoms with Gasteiger partial charge in [-0.05, 0) is 12.5 Å². The summed E-state index contributed by atoms with van der Waals surface area (Å²) in [5, 5.41) is 2.78. The Bertz CT molecular complexity index is 372. The fraction of sp³-hybridized carbons (Fsp3) is 0.615. The summed E-state index contributed by atoms with van der Waals surface area (Å²) in [6, 6.07) is 0. The molecule has 1 saturated carbocycles. The Labute approximate surface area is 96.6 Å². The van der Waals surface area contributed by atoms with Gasteiger partial charge in [0.15, 0.2) is 5.78 Å². The minimum Gasteiger partial charge on any atom is -0.343 e. The maximum Gasteiger partial charge on any atom is 0.217 e. The van der Waals surface area contributed by atoms with Crippen LogP contribution >= 0.6 is 0 Å². The molecule has 3 nitrogen and oxygen atoms in total. The van der Waals surface area contributed by atoms with Gasteiger partial charge < -0.3 is 5.32 Å². The lowest BCUT2D eigenvalue weighted by Gasteiger charge is -2.25. The molecule has 0 bridgehead atoms. The van der Waals surface area contributed by atoms with Crippen LogP contribution in [-0.2, 0) is 9.59 Å². The normalized spacial score (nSPS) is 27.9. The lowest BCUT2D eigenvalue weighted by molar-refractivity contribution is -0.133. The third kappa shape index (κ3) is 2.25. The first kappa shape index (κ1) is 12.7. The number of Topliss-reactive ketones (excluding diaryl/α,β-unsaturated/α-hetero) is 1. The first-order chi connectivity index (χ1) is 7.24. The number of rotatable bonds is 3. The quantitative estimate of drug-likeness (QED) is 0.739. The summed E-state index contributed by atoms with van der Waals surface area (Å²) in [6.45, 7) is 10.5. The van der Waals surface area contributed by atoms with E-state index in [0.29, 0.717) is 6.42 Å². The predicted octanol–water partition coefficient (Wildman–Crippen LogP) is 1.84. The van der Waals surface area contributed by atoms with E-state index in [1.54, 1.807) is 6.08 Å². The van der Waals surface area contributed by atoms with Crippen LogP contribution in [0.2, 0.25) is 0 Å². The smallest absolute Gasteiger partial charge is 0.217 e. The van der Waals surface area contributed by atoms with Crippen LogP contribution < -0.4 is 5.32 Å². The molecule has 0 aromatic heterocycles. The Kier molecular flexibility index (Phi) is 3.11. The van der Waals surface area contributed by atoms with E-state index < -0.39 is 11.0 Å². The summed E-state index contributed by atoms with van der Waals surface area (Å²) in [5.41, 5.74) is 1.52. The van der Waals surface area contributed by atoms with E-state index >= 15 is 0 Å². The molecule has 16 heavy (non-hydrogen) atoms. The van der Waals surface area contributed by atoms with Crippen molar-refractivity contribution in [1.29, 1.82) is 0 Å². The molecule has 1 rings (SSSR count). The van der Waals surface area contributed by atoms with Gasteiger partial charge in [0.1, 0.15) is 5.54 Å². The molecule has 0 aromatic carbocycles. The van der Waals surface area contributed by atoms with E-state index in [-0.39, 0.29) is 17.6 Å². The number of hydrogen-bond acceptors (Lipinski definition) is 2. The van der Waals surface area contributed by atoms with Crippen molar-refractivity contribution in [3.05, 3.63) is 18.4 Å². The third-order valence-electron chi connectivity index (χ3n) is 2.82. The van der Waals surface area contributed by atoms with E-state index in [4.69, 9.17) is 0 Å². The van der Waals surface area contributed by atoms with Crippen molar-refractivity contribution in [2.45, 2.75) is 39.7 Å². The molecule has 1 aliphatic rings. The van der Waals surface area contributed by atoms with Crippen molar-refractivity contribution < 1.29 is 9.59 Å². The van der Waals surface area contributed by atoms with Crippen molar-refractivity contribution >= 4 is 11.7 Å². The van der Waals surface area contributed by atoms with Crippen molar-refractivity contribution in [2.24, 2.45) is 11.3 Å². The molecule has 2 atom stereocenters. The molecule has 0 unspecified atom stereocenters. The van der Waals surface area contributed by atoms with Gasteiger partial charge >= 0.3 is 0 Å². The Hall–Kier alpha value is -1.34. The number of amides is 1. The van der Waals surface area contributed by atoms with Gasteiger partial charge in [-0.1, -0.05) is 27.4 Å². The van der Waals surface area contributed by atoms with Gasteiger partial charge in [0.25, 0.3) is 0 Å². The van der Waals surface area contributed by atoms with Gasteiger partial charge in [0.05, 0.1) is 0 Å². The molecule has 0 spiro atoms. The lowest BCUT2D eigenvalue weighted by atomic mass is 9.84. The molecule has 0 saturated heterocycles. The van der Waals surface area contributed by atoms with Crippen LogP contribution in [0.5, 0.6) is 0 Å². The van der Waals surface area contributed by atoms with Gasteiger partial charge in [-0.2, -0.15) is 0 Å². The zero-order valence-corrected chi connectivity index (χ0v) is 10.4. The summed E-state index contributed by atoms with van der Waals surface area (Å²) >= 11 is 0. The fourth-order valence-electron chi connectivity index (χ4n) is 2.08. The molecule has 0 aromatic rings. The molecule has 1 N–H and O–H groups in total. The molecule has 0 radical (unpaired) electrons. The van der Waals surface area contributed by atoms with Crippen molar-refractivity contribution in [1.82, 2.24) is 5.32 Å². The highest BCUT2D eigenvalue weighted by Crippen LogP contribution is 2.48. The summed E-state index contributed by atoms with van der Waals surface area (Å²) in [5.74, 6) is -0.0510. The molecule has 3 heteroatoms. The molecule has 0 aliphatic heterocycles. The van der Waals surface area contributed by atoms with Crippen LogP contribution in [0.3, 0.4) is 0 Å². The number of nitrogens with one attached hydrogen (secondary N) is 1. The van der Waals surface area contributed by atoms with Gasteiger partial charge in [-0.15, -0.1) is 5.73 Å². The van der Waals surface area contributed by atoms with Crippen LogP contribution in [0, 0.1) is 11.3 Å². The summed E-state index contributed by atoms with van der Waals surface area (Å²) in [6.07, 6.45) is 2.42. The second kappa shape index (κ2) is 3.91. The van der Waals surface area contributed by atoms with Crippen LogP contribution in [0.4, 0.5) is 0 Å². The van der Waals surface area contributed by atoms with Gasteiger partial charge in [0.2, 0.25) is 5.91 Å². The van der Waals surface area contributed by atoms with Gasteiger partial charge in [0, 0.05) is 18.3 Å². The molecule has 1 aliphatic carbocycles. The van der Waals surface area contributed by atoms with Crippen LogP contribution in [-0.4, -0.2) is 17.2 Å². The summed E-state index contributed by atoms with van der Waals surface area (Å²) < 4.78 is 0. The second-order valence-corrected chi connectivity index (χ2v) is 5.41. The van der Waals surface area contributed by atoms with Crippen LogP contribution in [0.1, 0.15) is 34.1 Å². The molecular formula is C13H19NO2. The Morgan fingerprint density at radius 1 is 1.50 bits per heavy atom. The molecule has 1 amide bonds. The van der Waals surface area contributed by atoms with Gasteiger partial charge in [-0.3, -0.25) is 9.59 Å². The monoisotopic (exact) mass is 221 g/mol. The minimum atomic E-state index is -0.714. The average molecular weight is 221 g/mol. The van der Waals surface area contributed by atoms with Crippen molar-refractivity contribution in [2.75, 3.05) is 0 Å². The largest absolute Gasteiger partial charge is 0.343 e. The molecule has 1 fully saturated rings. The number of carbonyl (C=O) groups excluding carboxylic acids is 2. The third-order valence-corrected chi connectivity index (χ3v) is 2.82. The number of carbonyl (C=O) groups is 2. The van der Waals surface area contributed by atoms with Crippen molar-refractivity contribution in [3.63, 3.8) is 0 Å². The zero-order valence-electron chi connectivity index (χ0n) is 10.4. The van der Waals surface area contributed by atoms with Crippen LogP contribution in [0.25, 0.3) is 0 Å². The highest BCUT2D eigenvalue weighted by molar-refractivity contribution is 5.99. The fourth-order valence-corrected chi connectivity index (χ4v) is 2.08. The first-order valence-corrected chi connectivity index (χ1v) is 5.43. The predicted molar refractivity (Wildman–Crippen MR) is 62.8 cm³/mol. The van der Waals surface area contributed by atoms with E-state index in [1.807, 2.05) is 20.8 Å². The number of hydrogen-bond donors (Lipinski definition) is 1. The SMILES string of the molecule is C=C=C[C@@H]1C[C@]1(NC(C)=O)C(=O)C(C)(C)C. The van der Waals surface area contributed by atoms with E-state index in [9.17, 15) is 9.59 Å². The summed E-state index contributed by atoms with van der Waals surface area (Å²) in [7, 11) is 0. The lowest BCUT2D eigenvalue weighted by Crippen LogP contribution is -2.48. The standard InChI is InChI=1S/C13H19NO2/c1-6-7-10-8-13(10,14-9(2)15)11(16)12(3,4)5/h7,10H,1,8H2,2-5H3,(H,14,15)/t10-,13-/m1/s1.